The third-order valence-electron chi connectivity index (χ3n) is 2.86. The molecule has 2 aromatic rings. The minimum absolute atomic E-state index is 0.0918. The average molecular weight is 313 g/mol. The van der Waals surface area contributed by atoms with Crippen LogP contribution in [-0.2, 0) is 16.4 Å². The summed E-state index contributed by atoms with van der Waals surface area (Å²) in [5.41, 5.74) is 0. The van der Waals surface area contributed by atoms with E-state index < -0.39 is 21.9 Å². The zero-order valence-electron chi connectivity index (χ0n) is 11.7. The van der Waals surface area contributed by atoms with Crippen LogP contribution in [0.2, 0.25) is 0 Å². The van der Waals surface area contributed by atoms with Crippen LogP contribution >= 0.6 is 0 Å². The van der Waals surface area contributed by atoms with E-state index in [4.69, 9.17) is 9.15 Å². The largest absolute Gasteiger partial charge is 0.495 e. The second kappa shape index (κ2) is 6.28. The summed E-state index contributed by atoms with van der Waals surface area (Å²) in [5, 5.41) is 0. The molecule has 0 bridgehead atoms. The summed E-state index contributed by atoms with van der Waals surface area (Å²) < 4.78 is 50.5. The molecular formula is C14H16FNO4S. The fourth-order valence-corrected chi connectivity index (χ4v) is 3.39. The first-order valence-electron chi connectivity index (χ1n) is 6.30. The second-order valence-corrected chi connectivity index (χ2v) is 6.28. The van der Waals surface area contributed by atoms with Crippen LogP contribution in [0.15, 0.2) is 45.9 Å². The monoisotopic (exact) mass is 313 g/mol. The Hall–Kier alpha value is -1.86. The summed E-state index contributed by atoms with van der Waals surface area (Å²) in [6, 6.07) is 6.43. The van der Waals surface area contributed by atoms with Gasteiger partial charge in [-0.05, 0) is 37.3 Å². The topological polar surface area (TPSA) is 68.5 Å². The second-order valence-electron chi connectivity index (χ2n) is 4.60. The van der Waals surface area contributed by atoms with Crippen LogP contribution < -0.4 is 9.46 Å². The van der Waals surface area contributed by atoms with E-state index in [9.17, 15) is 12.8 Å². The van der Waals surface area contributed by atoms with Gasteiger partial charge in [0.1, 0.15) is 22.2 Å². The van der Waals surface area contributed by atoms with Crippen molar-refractivity contribution in [3.8, 4) is 5.75 Å². The Morgan fingerprint density at radius 1 is 1.38 bits per heavy atom. The van der Waals surface area contributed by atoms with Crippen LogP contribution in [-0.4, -0.2) is 21.6 Å². The van der Waals surface area contributed by atoms with Crippen molar-refractivity contribution in [1.29, 1.82) is 0 Å². The van der Waals surface area contributed by atoms with Crippen LogP contribution in [0.1, 0.15) is 12.7 Å². The SMILES string of the molecule is COc1ccc(F)cc1S(=O)(=O)NC(C)Cc1ccco1. The average Bonchev–Trinajstić information content (AvgIpc) is 2.90. The zero-order valence-corrected chi connectivity index (χ0v) is 12.5. The number of sulfonamides is 1. The quantitative estimate of drug-likeness (QED) is 0.889. The third kappa shape index (κ3) is 3.83. The molecule has 0 radical (unpaired) electrons. The van der Waals surface area contributed by atoms with Gasteiger partial charge in [-0.25, -0.2) is 17.5 Å². The van der Waals surface area contributed by atoms with Crippen molar-refractivity contribution >= 4 is 10.0 Å². The number of hydrogen-bond donors (Lipinski definition) is 1. The third-order valence-corrected chi connectivity index (χ3v) is 4.47. The number of methoxy groups -OCH3 is 1. The smallest absolute Gasteiger partial charge is 0.244 e. The summed E-state index contributed by atoms with van der Waals surface area (Å²) in [6.45, 7) is 1.70. The molecule has 1 aromatic heterocycles. The number of benzene rings is 1. The van der Waals surface area contributed by atoms with Crippen LogP contribution in [0.5, 0.6) is 5.75 Å². The van der Waals surface area contributed by atoms with E-state index in [1.54, 1.807) is 19.1 Å². The number of hydrogen-bond acceptors (Lipinski definition) is 4. The van der Waals surface area contributed by atoms with Gasteiger partial charge in [0.05, 0.1) is 13.4 Å². The van der Waals surface area contributed by atoms with Crippen LogP contribution in [0, 0.1) is 5.82 Å². The lowest BCUT2D eigenvalue weighted by Gasteiger charge is -2.15. The van der Waals surface area contributed by atoms with Gasteiger partial charge in [0.2, 0.25) is 10.0 Å². The van der Waals surface area contributed by atoms with Gasteiger partial charge in [0, 0.05) is 12.5 Å². The van der Waals surface area contributed by atoms with Crippen LogP contribution in [0.3, 0.4) is 0 Å². The zero-order chi connectivity index (χ0) is 15.5. The molecule has 114 valence electrons. The first kappa shape index (κ1) is 15.5. The molecule has 0 saturated carbocycles. The van der Waals surface area contributed by atoms with Crippen molar-refractivity contribution < 1.29 is 22.0 Å². The highest BCUT2D eigenvalue weighted by Gasteiger charge is 2.23. The predicted molar refractivity (Wildman–Crippen MR) is 75.1 cm³/mol. The first-order valence-corrected chi connectivity index (χ1v) is 7.79. The van der Waals surface area contributed by atoms with Crippen LogP contribution in [0.25, 0.3) is 0 Å². The Balaban J connectivity index is 2.20. The van der Waals surface area contributed by atoms with Crippen molar-refractivity contribution in [2.75, 3.05) is 7.11 Å². The molecule has 21 heavy (non-hydrogen) atoms. The molecule has 2 rings (SSSR count). The molecule has 1 N–H and O–H groups in total. The summed E-state index contributed by atoms with van der Waals surface area (Å²) in [5.74, 6) is 0.111. The van der Waals surface area contributed by atoms with E-state index in [1.165, 1.54) is 19.4 Å². The molecule has 0 aliphatic heterocycles. The van der Waals surface area contributed by atoms with Gasteiger partial charge in [-0.2, -0.15) is 0 Å². The predicted octanol–water partition coefficient (Wildman–Crippen LogP) is 2.34. The molecule has 0 saturated heterocycles. The molecule has 0 aliphatic carbocycles. The van der Waals surface area contributed by atoms with Gasteiger partial charge in [-0.15, -0.1) is 0 Å². The summed E-state index contributed by atoms with van der Waals surface area (Å²) in [4.78, 5) is -0.226. The molecule has 1 unspecified atom stereocenters. The van der Waals surface area contributed by atoms with E-state index in [1.807, 2.05) is 0 Å². The Bertz CT molecular complexity index is 698. The van der Waals surface area contributed by atoms with Gasteiger partial charge in [0.25, 0.3) is 0 Å². The van der Waals surface area contributed by atoms with E-state index in [2.05, 4.69) is 4.72 Å². The Morgan fingerprint density at radius 2 is 2.14 bits per heavy atom. The fraction of sp³-hybridized carbons (Fsp3) is 0.286. The van der Waals surface area contributed by atoms with E-state index >= 15 is 0 Å². The summed E-state index contributed by atoms with van der Waals surface area (Å²) >= 11 is 0. The summed E-state index contributed by atoms with van der Waals surface area (Å²) in [7, 11) is -2.55. The Labute approximate surface area is 122 Å². The lowest BCUT2D eigenvalue weighted by molar-refractivity contribution is 0.400. The van der Waals surface area contributed by atoms with E-state index in [0.29, 0.717) is 12.2 Å². The molecule has 0 fully saturated rings. The van der Waals surface area contributed by atoms with Gasteiger partial charge < -0.3 is 9.15 Å². The highest BCUT2D eigenvalue weighted by atomic mass is 32.2. The van der Waals surface area contributed by atoms with Gasteiger partial charge in [-0.1, -0.05) is 0 Å². The van der Waals surface area contributed by atoms with E-state index in [-0.39, 0.29) is 10.6 Å². The Morgan fingerprint density at radius 3 is 2.76 bits per heavy atom. The molecule has 1 heterocycles. The number of nitrogens with one attached hydrogen (secondary N) is 1. The van der Waals surface area contributed by atoms with Gasteiger partial charge >= 0.3 is 0 Å². The summed E-state index contributed by atoms with van der Waals surface area (Å²) in [6.07, 6.45) is 1.91. The molecule has 0 aliphatic rings. The van der Waals surface area contributed by atoms with Crippen molar-refractivity contribution in [1.82, 2.24) is 4.72 Å². The fourth-order valence-electron chi connectivity index (χ4n) is 1.96. The lowest BCUT2D eigenvalue weighted by atomic mass is 10.2. The minimum Gasteiger partial charge on any atom is -0.495 e. The number of ether oxygens (including phenoxy) is 1. The number of furan rings is 1. The first-order chi connectivity index (χ1) is 9.92. The molecular weight excluding hydrogens is 297 g/mol. The minimum atomic E-state index is -3.88. The van der Waals surface area contributed by atoms with Crippen molar-refractivity contribution in [3.63, 3.8) is 0 Å². The van der Waals surface area contributed by atoms with Gasteiger partial charge in [0.15, 0.2) is 0 Å². The molecule has 0 amide bonds. The highest BCUT2D eigenvalue weighted by molar-refractivity contribution is 7.89. The standard InChI is InChI=1S/C14H16FNO4S/c1-10(8-12-4-3-7-20-12)16-21(17,18)14-9-11(15)5-6-13(14)19-2/h3-7,9-10,16H,8H2,1-2H3. The Kier molecular flexibility index (Phi) is 4.64. The highest BCUT2D eigenvalue weighted by Crippen LogP contribution is 2.24. The number of halogens is 1. The molecule has 0 spiro atoms. The molecule has 7 heteroatoms. The van der Waals surface area contributed by atoms with Crippen molar-refractivity contribution in [2.24, 2.45) is 0 Å². The van der Waals surface area contributed by atoms with Crippen molar-refractivity contribution in [2.45, 2.75) is 24.3 Å². The van der Waals surface area contributed by atoms with Gasteiger partial charge in [-0.3, -0.25) is 0 Å². The lowest BCUT2D eigenvalue weighted by Crippen LogP contribution is -2.34. The van der Waals surface area contributed by atoms with Crippen molar-refractivity contribution in [3.05, 3.63) is 48.2 Å². The molecule has 5 nitrogen and oxygen atoms in total. The molecule has 1 atom stereocenters. The maximum Gasteiger partial charge on any atom is 0.244 e. The normalized spacial score (nSPS) is 13.1. The van der Waals surface area contributed by atoms with Crippen LogP contribution in [0.4, 0.5) is 4.39 Å². The maximum absolute atomic E-state index is 13.3. The maximum atomic E-state index is 13.3. The number of rotatable bonds is 6. The van der Waals surface area contributed by atoms with E-state index in [0.717, 1.165) is 12.1 Å². The molecule has 1 aromatic carbocycles.